The minimum atomic E-state index is -0.687. The summed E-state index contributed by atoms with van der Waals surface area (Å²) in [5, 5.41) is 11.3. The van der Waals surface area contributed by atoms with E-state index in [2.05, 4.69) is 39.5 Å². The molecule has 178 valence electrons. The maximum Gasteiger partial charge on any atom is 0.260 e. The fraction of sp³-hybridized carbons (Fsp3) is 0.375. The van der Waals surface area contributed by atoms with E-state index in [1.54, 1.807) is 24.0 Å². The Morgan fingerprint density at radius 3 is 2.59 bits per heavy atom. The summed E-state index contributed by atoms with van der Waals surface area (Å²) in [5.74, 6) is -1.93. The van der Waals surface area contributed by atoms with E-state index in [0.717, 1.165) is 0 Å². The predicted octanol–water partition coefficient (Wildman–Crippen LogP) is 3.73. The minimum absolute atomic E-state index is 0.162. The van der Waals surface area contributed by atoms with Crippen molar-refractivity contribution in [3.8, 4) is 0 Å². The van der Waals surface area contributed by atoms with Crippen LogP contribution in [-0.4, -0.2) is 50.2 Å². The van der Waals surface area contributed by atoms with E-state index in [-0.39, 0.29) is 34.5 Å². The van der Waals surface area contributed by atoms with E-state index < -0.39 is 17.5 Å². The van der Waals surface area contributed by atoms with Gasteiger partial charge in [-0.25, -0.2) is 13.8 Å². The van der Waals surface area contributed by atoms with Crippen molar-refractivity contribution in [2.75, 3.05) is 23.3 Å². The zero-order valence-corrected chi connectivity index (χ0v) is 19.6. The Morgan fingerprint density at radius 1 is 1.15 bits per heavy atom. The van der Waals surface area contributed by atoms with E-state index in [1.165, 1.54) is 16.5 Å². The van der Waals surface area contributed by atoms with Crippen LogP contribution in [0.25, 0.3) is 16.6 Å². The van der Waals surface area contributed by atoms with Crippen molar-refractivity contribution in [1.29, 1.82) is 0 Å². The van der Waals surface area contributed by atoms with Gasteiger partial charge in [-0.3, -0.25) is 9.48 Å². The molecule has 3 aromatic heterocycles. The first-order valence-electron chi connectivity index (χ1n) is 11.4. The molecule has 0 bridgehead atoms. The molecular weight excluding hydrogens is 440 g/mol. The van der Waals surface area contributed by atoms with Crippen molar-refractivity contribution in [2.45, 2.75) is 46.3 Å². The van der Waals surface area contributed by atoms with Crippen LogP contribution in [0, 0.1) is 18.6 Å². The summed E-state index contributed by atoms with van der Waals surface area (Å²) in [6, 6.07) is 3.06. The molecule has 8 nitrogen and oxygen atoms in total. The Kier molecular flexibility index (Phi) is 5.47. The molecule has 0 aliphatic carbocycles. The Balaban J connectivity index is 1.56. The highest BCUT2D eigenvalue weighted by atomic mass is 19.1. The highest BCUT2D eigenvalue weighted by Gasteiger charge is 2.27. The van der Waals surface area contributed by atoms with E-state index in [0.29, 0.717) is 36.4 Å². The third kappa shape index (κ3) is 3.87. The summed E-state index contributed by atoms with van der Waals surface area (Å²) < 4.78 is 33.2. The van der Waals surface area contributed by atoms with Crippen LogP contribution in [0.1, 0.15) is 36.8 Å². The number of halogens is 2. The maximum atomic E-state index is 15.5. The van der Waals surface area contributed by atoms with Gasteiger partial charge in [0, 0.05) is 61.8 Å². The first kappa shape index (κ1) is 22.3. The number of carbonyl (C=O) groups is 1. The average molecular weight is 468 g/mol. The van der Waals surface area contributed by atoms with E-state index in [1.807, 2.05) is 13.1 Å². The number of aromatic nitrogens is 4. The normalized spacial score (nSPS) is 18.7. The van der Waals surface area contributed by atoms with Crippen molar-refractivity contribution in [3.05, 3.63) is 53.6 Å². The van der Waals surface area contributed by atoms with Gasteiger partial charge in [-0.2, -0.15) is 5.10 Å². The number of rotatable bonds is 4. The second-order valence-electron chi connectivity index (χ2n) is 9.02. The van der Waals surface area contributed by atoms with E-state index in [4.69, 9.17) is 0 Å². The Bertz CT molecular complexity index is 1400. The molecule has 4 aromatic rings. The molecule has 5 rings (SSSR count). The molecule has 0 unspecified atom stereocenters. The number of imidazole rings is 1. The maximum absolute atomic E-state index is 15.5. The van der Waals surface area contributed by atoms with Crippen LogP contribution in [0.5, 0.6) is 0 Å². The largest absolute Gasteiger partial charge is 0.368 e. The first-order chi connectivity index (χ1) is 16.2. The van der Waals surface area contributed by atoms with Crippen molar-refractivity contribution in [1.82, 2.24) is 24.5 Å². The molecule has 10 heteroatoms. The van der Waals surface area contributed by atoms with Crippen molar-refractivity contribution in [2.24, 2.45) is 0 Å². The first-order valence-corrected chi connectivity index (χ1v) is 11.4. The van der Waals surface area contributed by atoms with E-state index >= 15 is 4.39 Å². The molecule has 1 amide bonds. The number of hydrogen-bond donors (Lipinski definition) is 2. The van der Waals surface area contributed by atoms with E-state index in [9.17, 15) is 9.18 Å². The number of aryl methyl sites for hydroxylation is 2. The van der Waals surface area contributed by atoms with Gasteiger partial charge in [-0.05, 0) is 33.8 Å². The summed E-state index contributed by atoms with van der Waals surface area (Å²) in [6.07, 6.45) is 5.05. The Hall–Kier alpha value is -3.53. The van der Waals surface area contributed by atoms with Gasteiger partial charge in [0.1, 0.15) is 16.9 Å². The number of piperazine rings is 1. The van der Waals surface area contributed by atoms with Gasteiger partial charge in [-0.15, -0.1) is 0 Å². The second kappa shape index (κ2) is 8.35. The molecule has 1 aliphatic rings. The molecule has 1 saturated heterocycles. The number of pyridine rings is 1. The van der Waals surface area contributed by atoms with Gasteiger partial charge < -0.3 is 19.9 Å². The number of nitrogens with one attached hydrogen (secondary N) is 2. The molecular formula is C24H27F2N7O. The SMILES string of the molecule is CCn1cc2c(N3C[C@@H](C)N[C@@H](C)C3)cc(F)c(C(=O)Nc3cc(F)c4nc(C)cn4c3)c2n1. The van der Waals surface area contributed by atoms with Crippen LogP contribution >= 0.6 is 0 Å². The van der Waals surface area contributed by atoms with Crippen LogP contribution in [0.3, 0.4) is 0 Å². The Labute approximate surface area is 195 Å². The summed E-state index contributed by atoms with van der Waals surface area (Å²) in [5.41, 5.74) is 1.84. The van der Waals surface area contributed by atoms with Gasteiger partial charge in [-0.1, -0.05) is 0 Å². The number of amides is 1. The van der Waals surface area contributed by atoms with Crippen LogP contribution in [0.15, 0.2) is 30.7 Å². The zero-order valence-electron chi connectivity index (χ0n) is 19.6. The lowest BCUT2D eigenvalue weighted by Gasteiger charge is -2.38. The third-order valence-electron chi connectivity index (χ3n) is 6.11. The number of hydrogen-bond acceptors (Lipinski definition) is 5. The molecule has 0 radical (unpaired) electrons. The van der Waals surface area contributed by atoms with Gasteiger partial charge in [0.05, 0.1) is 17.1 Å². The van der Waals surface area contributed by atoms with Gasteiger partial charge in [0.2, 0.25) is 0 Å². The number of fused-ring (bicyclic) bond motifs is 2. The standard InChI is InChI=1S/C24H27F2N7O/c1-5-33-12-17-20(31-8-13(2)27-14(3)9-31)7-18(25)21(22(17)30-33)24(34)29-16-6-19(26)23-28-15(4)10-32(23)11-16/h6-7,10-14,27H,5,8-9H2,1-4H3,(H,29,34)/t13-,14+. The highest BCUT2D eigenvalue weighted by Crippen LogP contribution is 2.33. The van der Waals surface area contributed by atoms with Crippen LogP contribution < -0.4 is 15.5 Å². The fourth-order valence-electron chi connectivity index (χ4n) is 4.78. The minimum Gasteiger partial charge on any atom is -0.368 e. The average Bonchev–Trinajstić information content (AvgIpc) is 3.35. The molecule has 2 atom stereocenters. The van der Waals surface area contributed by atoms with Crippen LogP contribution in [0.4, 0.5) is 20.2 Å². The summed E-state index contributed by atoms with van der Waals surface area (Å²) >= 11 is 0. The molecule has 2 N–H and O–H groups in total. The fourth-order valence-corrected chi connectivity index (χ4v) is 4.78. The monoisotopic (exact) mass is 467 g/mol. The molecule has 1 aliphatic heterocycles. The second-order valence-corrected chi connectivity index (χ2v) is 9.02. The lowest BCUT2D eigenvalue weighted by atomic mass is 10.0. The van der Waals surface area contributed by atoms with Crippen LogP contribution in [0.2, 0.25) is 0 Å². The third-order valence-corrected chi connectivity index (χ3v) is 6.11. The van der Waals surface area contributed by atoms with Crippen LogP contribution in [-0.2, 0) is 6.54 Å². The molecule has 0 spiro atoms. The predicted molar refractivity (Wildman–Crippen MR) is 127 cm³/mol. The molecule has 1 fully saturated rings. The number of anilines is 2. The van der Waals surface area contributed by atoms with Gasteiger partial charge in [0.25, 0.3) is 5.91 Å². The van der Waals surface area contributed by atoms with Crippen molar-refractivity contribution >= 4 is 33.8 Å². The van der Waals surface area contributed by atoms with Crippen molar-refractivity contribution < 1.29 is 13.6 Å². The summed E-state index contributed by atoms with van der Waals surface area (Å²) in [4.78, 5) is 19.5. The lowest BCUT2D eigenvalue weighted by molar-refractivity contribution is 0.102. The number of benzene rings is 1. The molecule has 0 saturated carbocycles. The molecule has 4 heterocycles. The van der Waals surface area contributed by atoms with Crippen molar-refractivity contribution in [3.63, 3.8) is 0 Å². The topological polar surface area (TPSA) is 79.5 Å². The highest BCUT2D eigenvalue weighted by molar-refractivity contribution is 6.14. The molecule has 1 aromatic carbocycles. The lowest BCUT2D eigenvalue weighted by Crippen LogP contribution is -2.54. The quantitative estimate of drug-likeness (QED) is 0.478. The molecule has 34 heavy (non-hydrogen) atoms. The number of nitrogens with zero attached hydrogens (tertiary/aromatic N) is 5. The smallest absolute Gasteiger partial charge is 0.260 e. The number of carbonyl (C=O) groups excluding carboxylic acids is 1. The Morgan fingerprint density at radius 2 is 1.88 bits per heavy atom. The van der Waals surface area contributed by atoms with Gasteiger partial charge in [0.15, 0.2) is 11.5 Å². The van der Waals surface area contributed by atoms with Gasteiger partial charge >= 0.3 is 0 Å². The zero-order chi connectivity index (χ0) is 24.1. The summed E-state index contributed by atoms with van der Waals surface area (Å²) in [7, 11) is 0. The summed E-state index contributed by atoms with van der Waals surface area (Å²) in [6.45, 7) is 9.87.